The molecule has 2 aliphatic carbocycles. The van der Waals surface area contributed by atoms with Gasteiger partial charge in [0, 0.05) is 5.38 Å². The van der Waals surface area contributed by atoms with Gasteiger partial charge in [-0.25, -0.2) is 4.79 Å². The summed E-state index contributed by atoms with van der Waals surface area (Å²) < 4.78 is 10.6. The molecule has 0 spiro atoms. The fourth-order valence-electron chi connectivity index (χ4n) is 4.88. The maximum Gasteiger partial charge on any atom is 0.332 e. The van der Waals surface area contributed by atoms with Crippen molar-refractivity contribution in [2.24, 2.45) is 17.8 Å². The highest BCUT2D eigenvalue weighted by Crippen LogP contribution is 2.42. The summed E-state index contributed by atoms with van der Waals surface area (Å²) in [6.07, 6.45) is 12.2. The molecule has 3 unspecified atom stereocenters. The summed E-state index contributed by atoms with van der Waals surface area (Å²) in [6.45, 7) is 5.76. The number of ether oxygens (including phenoxy) is 2. The number of aliphatic hydroxyl groups excluding tert-OH is 2. The number of allylic oxidation sites excluding steroid dienone is 1. The van der Waals surface area contributed by atoms with Gasteiger partial charge in [-0.2, -0.15) is 0 Å². The van der Waals surface area contributed by atoms with Gasteiger partial charge in [-0.15, -0.1) is 11.6 Å². The van der Waals surface area contributed by atoms with Crippen LogP contribution >= 0.6 is 11.6 Å². The van der Waals surface area contributed by atoms with Gasteiger partial charge >= 0.3 is 5.97 Å². The lowest BCUT2D eigenvalue weighted by atomic mass is 9.81. The van der Waals surface area contributed by atoms with Crippen molar-refractivity contribution in [2.75, 3.05) is 13.2 Å². The molecule has 0 saturated heterocycles. The van der Waals surface area contributed by atoms with Crippen LogP contribution < -0.4 is 0 Å². The zero-order valence-electron chi connectivity index (χ0n) is 18.9. The Morgan fingerprint density at radius 2 is 1.87 bits per heavy atom. The minimum atomic E-state index is -0.505. The van der Waals surface area contributed by atoms with Crippen molar-refractivity contribution in [1.82, 2.24) is 0 Å². The molecular formula is C24H41ClO5. The molecule has 0 aromatic carbocycles. The molecule has 0 heterocycles. The SMILES string of the molecule is CC(C)(C)OC(=O)COCC=CC[C@H]1C(Cl)CC(O)[C@@H]1CCC(O)C1CCCCC1. The Bertz CT molecular complexity index is 538. The van der Waals surface area contributed by atoms with Crippen molar-refractivity contribution in [3.8, 4) is 0 Å². The van der Waals surface area contributed by atoms with E-state index in [2.05, 4.69) is 0 Å². The molecular weight excluding hydrogens is 404 g/mol. The molecule has 30 heavy (non-hydrogen) atoms. The second kappa shape index (κ2) is 12.4. The first-order valence-corrected chi connectivity index (χ1v) is 12.1. The summed E-state index contributed by atoms with van der Waals surface area (Å²) in [4.78, 5) is 11.6. The number of aliphatic hydroxyl groups is 2. The Morgan fingerprint density at radius 1 is 1.17 bits per heavy atom. The molecule has 0 aromatic rings. The molecule has 0 bridgehead atoms. The Morgan fingerprint density at radius 3 is 2.53 bits per heavy atom. The highest BCUT2D eigenvalue weighted by atomic mass is 35.5. The van der Waals surface area contributed by atoms with E-state index in [9.17, 15) is 15.0 Å². The van der Waals surface area contributed by atoms with Gasteiger partial charge in [-0.05, 0) is 77.0 Å². The summed E-state index contributed by atoms with van der Waals surface area (Å²) in [6, 6.07) is 0. The lowest BCUT2D eigenvalue weighted by Gasteiger charge is -2.29. The average Bonchev–Trinajstić information content (AvgIpc) is 2.94. The highest BCUT2D eigenvalue weighted by molar-refractivity contribution is 6.21. The molecule has 0 aromatic heterocycles. The van der Waals surface area contributed by atoms with E-state index in [1.54, 1.807) is 0 Å². The molecule has 0 amide bonds. The highest BCUT2D eigenvalue weighted by Gasteiger charge is 2.40. The molecule has 2 saturated carbocycles. The number of carbonyl (C=O) groups is 1. The summed E-state index contributed by atoms with van der Waals surface area (Å²) in [7, 11) is 0. The predicted octanol–water partition coefficient (Wildman–Crippen LogP) is 4.62. The van der Waals surface area contributed by atoms with Crippen LogP contribution in [0.2, 0.25) is 0 Å². The zero-order chi connectivity index (χ0) is 22.1. The van der Waals surface area contributed by atoms with Gasteiger partial charge < -0.3 is 19.7 Å². The zero-order valence-corrected chi connectivity index (χ0v) is 19.7. The third-order valence-corrected chi connectivity index (χ3v) is 6.90. The molecule has 2 N–H and O–H groups in total. The van der Waals surface area contributed by atoms with Crippen LogP contribution in [0.15, 0.2) is 12.2 Å². The van der Waals surface area contributed by atoms with Crippen LogP contribution in [-0.2, 0) is 14.3 Å². The molecule has 5 atom stereocenters. The van der Waals surface area contributed by atoms with Crippen molar-refractivity contribution in [2.45, 2.75) is 102 Å². The van der Waals surface area contributed by atoms with Gasteiger partial charge in [-0.3, -0.25) is 0 Å². The first-order chi connectivity index (χ1) is 14.2. The van der Waals surface area contributed by atoms with E-state index in [1.807, 2.05) is 32.9 Å². The topological polar surface area (TPSA) is 76.0 Å². The van der Waals surface area contributed by atoms with Crippen LogP contribution in [0.3, 0.4) is 0 Å². The fraction of sp³-hybridized carbons (Fsp3) is 0.875. The van der Waals surface area contributed by atoms with Crippen LogP contribution in [-0.4, -0.2) is 52.6 Å². The Balaban J connectivity index is 1.71. The van der Waals surface area contributed by atoms with E-state index in [0.717, 1.165) is 32.1 Å². The second-order valence-corrected chi connectivity index (χ2v) is 10.6. The van der Waals surface area contributed by atoms with E-state index in [4.69, 9.17) is 21.1 Å². The summed E-state index contributed by atoms with van der Waals surface area (Å²) in [5.41, 5.74) is -0.505. The molecule has 0 aliphatic heterocycles. The maximum atomic E-state index is 11.6. The number of hydrogen-bond acceptors (Lipinski definition) is 5. The number of rotatable bonds is 10. The van der Waals surface area contributed by atoms with E-state index in [1.165, 1.54) is 19.3 Å². The van der Waals surface area contributed by atoms with Crippen LogP contribution in [0.1, 0.15) is 78.6 Å². The van der Waals surface area contributed by atoms with Gasteiger partial charge in [-0.1, -0.05) is 31.4 Å². The van der Waals surface area contributed by atoms with Crippen LogP contribution in [0.4, 0.5) is 0 Å². The molecule has 6 heteroatoms. The van der Waals surface area contributed by atoms with E-state index in [-0.39, 0.29) is 35.9 Å². The molecule has 2 aliphatic rings. The molecule has 5 nitrogen and oxygen atoms in total. The largest absolute Gasteiger partial charge is 0.458 e. The number of carbonyl (C=O) groups excluding carboxylic acids is 1. The Labute approximate surface area is 187 Å². The number of hydrogen-bond donors (Lipinski definition) is 2. The van der Waals surface area contributed by atoms with Gasteiger partial charge in [0.15, 0.2) is 0 Å². The summed E-state index contributed by atoms with van der Waals surface area (Å²) >= 11 is 6.53. The van der Waals surface area contributed by atoms with E-state index >= 15 is 0 Å². The smallest absolute Gasteiger partial charge is 0.332 e. The van der Waals surface area contributed by atoms with Gasteiger partial charge in [0.05, 0.1) is 18.8 Å². The van der Waals surface area contributed by atoms with Crippen LogP contribution in [0.25, 0.3) is 0 Å². The number of halogens is 1. The summed E-state index contributed by atoms with van der Waals surface area (Å²) in [5.74, 6) is 0.372. The second-order valence-electron chi connectivity index (χ2n) is 10.00. The Hall–Kier alpha value is -0.620. The minimum Gasteiger partial charge on any atom is -0.458 e. The lowest BCUT2D eigenvalue weighted by molar-refractivity contribution is -0.159. The number of alkyl halides is 1. The van der Waals surface area contributed by atoms with E-state index < -0.39 is 11.7 Å². The standard InChI is InChI=1S/C24H41ClO5/c1-24(2,3)30-23(28)16-29-14-8-7-11-18-19(22(27)15-20(18)25)12-13-21(26)17-9-5-4-6-10-17/h7-8,17-22,26-27H,4-6,9-16H2,1-3H3/t18-,19-,20?,21?,22?/m1/s1. The van der Waals surface area contributed by atoms with Crippen LogP contribution in [0.5, 0.6) is 0 Å². The van der Waals surface area contributed by atoms with Crippen molar-refractivity contribution < 1.29 is 24.5 Å². The van der Waals surface area contributed by atoms with E-state index in [0.29, 0.717) is 18.9 Å². The predicted molar refractivity (Wildman–Crippen MR) is 119 cm³/mol. The van der Waals surface area contributed by atoms with Crippen molar-refractivity contribution in [3.63, 3.8) is 0 Å². The number of esters is 1. The normalized spacial score (nSPS) is 29.4. The molecule has 0 radical (unpaired) electrons. The summed E-state index contributed by atoms with van der Waals surface area (Å²) in [5, 5.41) is 21.0. The van der Waals surface area contributed by atoms with Crippen molar-refractivity contribution >= 4 is 17.6 Å². The average molecular weight is 445 g/mol. The molecule has 2 rings (SSSR count). The molecule has 2 fully saturated rings. The third-order valence-electron chi connectivity index (χ3n) is 6.39. The third kappa shape index (κ3) is 8.86. The first-order valence-electron chi connectivity index (χ1n) is 11.6. The quantitative estimate of drug-likeness (QED) is 0.222. The minimum absolute atomic E-state index is 0.0517. The van der Waals surface area contributed by atoms with Crippen molar-refractivity contribution in [3.05, 3.63) is 12.2 Å². The van der Waals surface area contributed by atoms with Gasteiger partial charge in [0.1, 0.15) is 12.2 Å². The first kappa shape index (κ1) is 25.6. The van der Waals surface area contributed by atoms with Gasteiger partial charge in [0.2, 0.25) is 0 Å². The monoisotopic (exact) mass is 444 g/mol. The molecule has 174 valence electrons. The van der Waals surface area contributed by atoms with Crippen LogP contribution in [0, 0.1) is 17.8 Å². The Kier molecular flexibility index (Phi) is 10.6. The lowest BCUT2D eigenvalue weighted by Crippen LogP contribution is -2.27. The van der Waals surface area contributed by atoms with Crippen molar-refractivity contribution in [1.29, 1.82) is 0 Å². The maximum absolute atomic E-state index is 11.6. The fourth-order valence-corrected chi connectivity index (χ4v) is 5.36. The van der Waals surface area contributed by atoms with Gasteiger partial charge in [0.25, 0.3) is 0 Å².